The highest BCUT2D eigenvalue weighted by Crippen LogP contribution is 2.24. The number of nitrogens with zero attached hydrogens (tertiary/aromatic N) is 3. The summed E-state index contributed by atoms with van der Waals surface area (Å²) in [7, 11) is 1.47. The van der Waals surface area contributed by atoms with Crippen molar-refractivity contribution in [2.24, 2.45) is 4.99 Å². The summed E-state index contributed by atoms with van der Waals surface area (Å²) < 4.78 is 4.96. The van der Waals surface area contributed by atoms with Crippen LogP contribution < -0.4 is 4.74 Å². The largest absolute Gasteiger partial charge is 0.479 e. The molecule has 0 bridgehead atoms. The van der Waals surface area contributed by atoms with Gasteiger partial charge in [0.1, 0.15) is 5.82 Å². The third-order valence-corrected chi connectivity index (χ3v) is 1.63. The molecule has 1 aromatic rings. The molecule has 74 valence electrons. The molecule has 0 N–H and O–H groups in total. The first-order valence-corrected chi connectivity index (χ1v) is 4.17. The van der Waals surface area contributed by atoms with Crippen molar-refractivity contribution in [3.05, 3.63) is 12.0 Å². The molecule has 0 atom stereocenters. The highest BCUT2D eigenvalue weighted by molar-refractivity contribution is 5.53. The molecule has 0 radical (unpaired) electrons. The number of hydrogen-bond acceptors (Lipinski definition) is 5. The molecule has 1 aromatic heterocycles. The zero-order valence-corrected chi connectivity index (χ0v) is 8.31. The number of hydrogen-bond donors (Lipinski definition) is 0. The van der Waals surface area contributed by atoms with Crippen LogP contribution in [0.1, 0.15) is 25.6 Å². The van der Waals surface area contributed by atoms with Gasteiger partial charge in [0.25, 0.3) is 0 Å². The van der Waals surface area contributed by atoms with Crippen molar-refractivity contribution < 1.29 is 9.53 Å². The maximum Gasteiger partial charge on any atom is 0.244 e. The molecule has 0 aliphatic heterocycles. The van der Waals surface area contributed by atoms with Crippen LogP contribution >= 0.6 is 0 Å². The van der Waals surface area contributed by atoms with Gasteiger partial charge in [-0.25, -0.2) is 9.78 Å². The maximum absolute atomic E-state index is 10.1. The zero-order valence-electron chi connectivity index (χ0n) is 8.31. The fourth-order valence-electron chi connectivity index (χ4n) is 0.927. The molecule has 0 aliphatic carbocycles. The second-order valence-electron chi connectivity index (χ2n) is 2.98. The third-order valence-electron chi connectivity index (χ3n) is 1.63. The van der Waals surface area contributed by atoms with Crippen molar-refractivity contribution in [1.29, 1.82) is 0 Å². The molecule has 0 saturated carbocycles. The Labute approximate surface area is 81.9 Å². The third kappa shape index (κ3) is 2.14. The summed E-state index contributed by atoms with van der Waals surface area (Å²) in [4.78, 5) is 21.6. The van der Waals surface area contributed by atoms with Gasteiger partial charge in [-0.3, -0.25) is 0 Å². The van der Waals surface area contributed by atoms with Gasteiger partial charge in [0.2, 0.25) is 12.0 Å². The van der Waals surface area contributed by atoms with Gasteiger partial charge in [0, 0.05) is 5.92 Å². The Morgan fingerprint density at radius 2 is 2.29 bits per heavy atom. The Bertz CT molecular complexity index is 370. The number of aromatic nitrogens is 2. The van der Waals surface area contributed by atoms with E-state index in [0.29, 0.717) is 17.4 Å². The zero-order chi connectivity index (χ0) is 10.6. The van der Waals surface area contributed by atoms with Crippen molar-refractivity contribution in [2.75, 3.05) is 7.11 Å². The van der Waals surface area contributed by atoms with Gasteiger partial charge in [-0.05, 0) is 0 Å². The molecule has 1 rings (SSSR count). The fourth-order valence-corrected chi connectivity index (χ4v) is 0.927. The van der Waals surface area contributed by atoms with Gasteiger partial charge in [0.15, 0.2) is 5.69 Å². The second kappa shape index (κ2) is 4.48. The first-order valence-electron chi connectivity index (χ1n) is 4.17. The second-order valence-corrected chi connectivity index (χ2v) is 2.98. The van der Waals surface area contributed by atoms with Crippen molar-refractivity contribution in [1.82, 2.24) is 9.97 Å². The molecule has 0 amide bonds. The molecule has 0 saturated heterocycles. The van der Waals surface area contributed by atoms with E-state index < -0.39 is 0 Å². The SMILES string of the molecule is COc1nc(C(C)C)ncc1N=C=O. The standard InChI is InChI=1S/C9H11N3O2/c1-6(2)8-10-4-7(11-5-13)9(12-8)14-3/h4,6H,1-3H3. The highest BCUT2D eigenvalue weighted by Gasteiger charge is 2.09. The molecule has 5 heteroatoms. The van der Waals surface area contributed by atoms with Crippen LogP contribution in [0.15, 0.2) is 11.2 Å². The lowest BCUT2D eigenvalue weighted by Gasteiger charge is -2.06. The van der Waals surface area contributed by atoms with Crippen LogP contribution in [-0.4, -0.2) is 23.2 Å². The molecule has 5 nitrogen and oxygen atoms in total. The Morgan fingerprint density at radius 3 is 2.79 bits per heavy atom. The van der Waals surface area contributed by atoms with Gasteiger partial charge in [-0.15, -0.1) is 0 Å². The van der Waals surface area contributed by atoms with E-state index in [1.165, 1.54) is 19.4 Å². The van der Waals surface area contributed by atoms with Gasteiger partial charge < -0.3 is 4.74 Å². The number of isocyanates is 1. The molecule has 0 aliphatic rings. The predicted octanol–water partition coefficient (Wildman–Crippen LogP) is 1.58. The summed E-state index contributed by atoms with van der Waals surface area (Å²) in [6, 6.07) is 0. The molecular formula is C9H11N3O2. The lowest BCUT2D eigenvalue weighted by molar-refractivity contribution is 0.395. The lowest BCUT2D eigenvalue weighted by atomic mass is 10.2. The number of aliphatic imine (C=N–C) groups is 1. The minimum absolute atomic E-state index is 0.207. The van der Waals surface area contributed by atoms with Crippen molar-refractivity contribution in [2.45, 2.75) is 19.8 Å². The number of ether oxygens (including phenoxy) is 1. The molecule has 0 unspecified atom stereocenters. The Kier molecular flexibility index (Phi) is 3.31. The summed E-state index contributed by atoms with van der Waals surface area (Å²) >= 11 is 0. The molecular weight excluding hydrogens is 182 g/mol. The van der Waals surface area contributed by atoms with E-state index in [-0.39, 0.29) is 5.92 Å². The van der Waals surface area contributed by atoms with Crippen molar-refractivity contribution >= 4 is 11.8 Å². The maximum atomic E-state index is 10.1. The lowest BCUT2D eigenvalue weighted by Crippen LogP contribution is -1.99. The van der Waals surface area contributed by atoms with Crippen LogP contribution in [0.5, 0.6) is 5.88 Å². The van der Waals surface area contributed by atoms with Crippen LogP contribution in [0, 0.1) is 0 Å². The molecule has 1 heterocycles. The summed E-state index contributed by atoms with van der Waals surface area (Å²) in [6.45, 7) is 3.94. The Hall–Kier alpha value is -1.74. The average molecular weight is 193 g/mol. The van der Waals surface area contributed by atoms with Crippen molar-refractivity contribution in [3.8, 4) is 5.88 Å². The van der Waals surface area contributed by atoms with Gasteiger partial charge in [-0.2, -0.15) is 9.98 Å². The summed E-state index contributed by atoms with van der Waals surface area (Å²) in [6.07, 6.45) is 2.87. The molecule has 0 fully saturated rings. The summed E-state index contributed by atoms with van der Waals surface area (Å²) in [5, 5.41) is 0. The smallest absolute Gasteiger partial charge is 0.244 e. The van der Waals surface area contributed by atoms with E-state index in [2.05, 4.69) is 15.0 Å². The van der Waals surface area contributed by atoms with Crippen LogP contribution in [0.2, 0.25) is 0 Å². The van der Waals surface area contributed by atoms with Gasteiger partial charge >= 0.3 is 0 Å². The van der Waals surface area contributed by atoms with Crippen LogP contribution in [-0.2, 0) is 4.79 Å². The van der Waals surface area contributed by atoms with Crippen LogP contribution in [0.4, 0.5) is 5.69 Å². The van der Waals surface area contributed by atoms with E-state index in [4.69, 9.17) is 4.74 Å². The van der Waals surface area contributed by atoms with Crippen molar-refractivity contribution in [3.63, 3.8) is 0 Å². The number of carbonyl (C=O) groups excluding carboxylic acids is 1. The monoisotopic (exact) mass is 193 g/mol. The average Bonchev–Trinajstić information content (AvgIpc) is 2.18. The quantitative estimate of drug-likeness (QED) is 0.540. The van der Waals surface area contributed by atoms with E-state index in [0.717, 1.165) is 0 Å². The predicted molar refractivity (Wildman–Crippen MR) is 50.5 cm³/mol. The van der Waals surface area contributed by atoms with E-state index in [1.54, 1.807) is 0 Å². The minimum atomic E-state index is 0.207. The molecule has 0 spiro atoms. The first-order chi connectivity index (χ1) is 6.69. The Morgan fingerprint density at radius 1 is 1.57 bits per heavy atom. The van der Waals surface area contributed by atoms with E-state index in [9.17, 15) is 4.79 Å². The summed E-state index contributed by atoms with van der Waals surface area (Å²) in [5.41, 5.74) is 0.298. The molecule has 14 heavy (non-hydrogen) atoms. The normalized spacial score (nSPS) is 9.71. The van der Waals surface area contributed by atoms with E-state index >= 15 is 0 Å². The number of rotatable bonds is 3. The number of methoxy groups -OCH3 is 1. The van der Waals surface area contributed by atoms with E-state index in [1.807, 2.05) is 13.8 Å². The molecule has 0 aromatic carbocycles. The topological polar surface area (TPSA) is 64.4 Å². The highest BCUT2D eigenvalue weighted by atomic mass is 16.5. The Balaban J connectivity index is 3.17. The van der Waals surface area contributed by atoms with Gasteiger partial charge in [-0.1, -0.05) is 13.8 Å². The van der Waals surface area contributed by atoms with Crippen LogP contribution in [0.3, 0.4) is 0 Å². The van der Waals surface area contributed by atoms with Crippen LogP contribution in [0.25, 0.3) is 0 Å². The fraction of sp³-hybridized carbons (Fsp3) is 0.444. The minimum Gasteiger partial charge on any atom is -0.479 e. The first kappa shape index (κ1) is 10.3. The summed E-state index contributed by atoms with van der Waals surface area (Å²) in [5.74, 6) is 1.16. The van der Waals surface area contributed by atoms with Gasteiger partial charge in [0.05, 0.1) is 13.3 Å².